The molecule has 0 heterocycles. The summed E-state index contributed by atoms with van der Waals surface area (Å²) in [6.45, 7) is 2.20. The predicted octanol–water partition coefficient (Wildman–Crippen LogP) is 2.93. The maximum absolute atomic E-state index is 12.0. The summed E-state index contributed by atoms with van der Waals surface area (Å²) in [5.41, 5.74) is 0.320. The van der Waals surface area contributed by atoms with Crippen LogP contribution in [0.1, 0.15) is 58.3 Å². The fourth-order valence-corrected chi connectivity index (χ4v) is 3.17. The van der Waals surface area contributed by atoms with Crippen molar-refractivity contribution in [2.24, 2.45) is 5.41 Å². The molecule has 2 aliphatic carbocycles. The molecule has 1 N–H and O–H groups in total. The first-order valence-corrected chi connectivity index (χ1v) is 7.13. The van der Waals surface area contributed by atoms with E-state index in [1.165, 1.54) is 32.1 Å². The highest BCUT2D eigenvalue weighted by Crippen LogP contribution is 2.49. The van der Waals surface area contributed by atoms with Crippen LogP contribution in [0.2, 0.25) is 0 Å². The normalized spacial score (nSPS) is 26.1. The molecule has 2 nitrogen and oxygen atoms in total. The molecule has 0 aliphatic heterocycles. The van der Waals surface area contributed by atoms with Crippen LogP contribution < -0.4 is 5.32 Å². The van der Waals surface area contributed by atoms with E-state index in [-0.39, 0.29) is 16.9 Å². The molecule has 2 fully saturated rings. The molecule has 1 amide bonds. The van der Waals surface area contributed by atoms with Gasteiger partial charge in [0.25, 0.3) is 0 Å². The molecule has 0 saturated heterocycles. The maximum Gasteiger partial charge on any atom is 0.221 e. The summed E-state index contributed by atoms with van der Waals surface area (Å²) in [4.78, 5) is 12.0. The quantitative estimate of drug-likeness (QED) is 0.728. The highest BCUT2D eigenvalue weighted by Gasteiger charge is 2.43. The van der Waals surface area contributed by atoms with E-state index in [0.717, 1.165) is 18.6 Å². The topological polar surface area (TPSA) is 29.1 Å². The minimum absolute atomic E-state index is 0.0714. The predicted molar refractivity (Wildman–Crippen MR) is 69.8 cm³/mol. The van der Waals surface area contributed by atoms with E-state index in [1.54, 1.807) is 0 Å². The first-order valence-electron chi connectivity index (χ1n) is 6.50. The third-order valence-electron chi connectivity index (χ3n) is 4.23. The molecule has 0 aromatic heterocycles. The summed E-state index contributed by atoms with van der Waals surface area (Å²) < 4.78 is 0. The van der Waals surface area contributed by atoms with Gasteiger partial charge in [-0.25, -0.2) is 0 Å². The van der Waals surface area contributed by atoms with Crippen LogP contribution in [0, 0.1) is 5.41 Å². The summed E-state index contributed by atoms with van der Waals surface area (Å²) in [5.74, 6) is 1.10. The van der Waals surface area contributed by atoms with Gasteiger partial charge in [-0.15, -0.1) is 0 Å². The molecule has 0 spiro atoms. The van der Waals surface area contributed by atoms with Crippen molar-refractivity contribution in [3.8, 4) is 0 Å². The van der Waals surface area contributed by atoms with E-state index in [2.05, 4.69) is 24.9 Å². The summed E-state index contributed by atoms with van der Waals surface area (Å²) in [5, 5.41) is 3.25. The van der Waals surface area contributed by atoms with E-state index in [0.29, 0.717) is 6.42 Å². The monoisotopic (exact) mass is 241 g/mol. The van der Waals surface area contributed by atoms with E-state index in [1.807, 2.05) is 0 Å². The van der Waals surface area contributed by atoms with Crippen molar-refractivity contribution in [3.05, 3.63) is 0 Å². The fraction of sp³-hybridized carbons (Fsp3) is 0.923. The number of rotatable bonds is 4. The first kappa shape index (κ1) is 12.3. The van der Waals surface area contributed by atoms with Gasteiger partial charge >= 0.3 is 0 Å². The Morgan fingerprint density at radius 3 is 2.31 bits per heavy atom. The molecule has 0 atom stereocenters. The van der Waals surface area contributed by atoms with Crippen molar-refractivity contribution >= 4 is 18.5 Å². The number of hydrogen-bond acceptors (Lipinski definition) is 2. The van der Waals surface area contributed by atoms with Gasteiger partial charge in [0.1, 0.15) is 0 Å². The number of thiol groups is 1. The SMILES string of the molecule is CC1(NC(=O)CC2(CS)CC2)CCCCC1. The van der Waals surface area contributed by atoms with Crippen LogP contribution in [0.15, 0.2) is 0 Å². The molecule has 3 heteroatoms. The van der Waals surface area contributed by atoms with Gasteiger partial charge in [-0.05, 0) is 43.8 Å². The molecule has 0 unspecified atom stereocenters. The van der Waals surface area contributed by atoms with Gasteiger partial charge in [0.2, 0.25) is 5.91 Å². The molecular formula is C13H23NOS. The van der Waals surface area contributed by atoms with E-state index >= 15 is 0 Å². The third-order valence-corrected chi connectivity index (χ3v) is 4.90. The van der Waals surface area contributed by atoms with Gasteiger partial charge in [-0.3, -0.25) is 4.79 Å². The Morgan fingerprint density at radius 1 is 1.19 bits per heavy atom. The summed E-state index contributed by atoms with van der Waals surface area (Å²) in [6.07, 6.45) is 9.18. The zero-order valence-electron chi connectivity index (χ0n) is 10.2. The van der Waals surface area contributed by atoms with Crippen LogP contribution in [0.4, 0.5) is 0 Å². The summed E-state index contributed by atoms with van der Waals surface area (Å²) in [7, 11) is 0. The summed E-state index contributed by atoms with van der Waals surface area (Å²) >= 11 is 4.35. The summed E-state index contributed by atoms with van der Waals surface area (Å²) in [6, 6.07) is 0. The van der Waals surface area contributed by atoms with E-state index in [4.69, 9.17) is 0 Å². The second kappa shape index (κ2) is 4.59. The highest BCUT2D eigenvalue weighted by atomic mass is 32.1. The van der Waals surface area contributed by atoms with Crippen molar-refractivity contribution in [3.63, 3.8) is 0 Å². The minimum Gasteiger partial charge on any atom is -0.351 e. The van der Waals surface area contributed by atoms with Gasteiger partial charge in [0.05, 0.1) is 0 Å². The lowest BCUT2D eigenvalue weighted by molar-refractivity contribution is -0.124. The Kier molecular flexibility index (Phi) is 3.53. The van der Waals surface area contributed by atoms with Crippen molar-refractivity contribution in [2.75, 3.05) is 5.75 Å². The van der Waals surface area contributed by atoms with E-state index < -0.39 is 0 Å². The second-order valence-corrected chi connectivity index (χ2v) is 6.32. The Bertz CT molecular complexity index is 267. The van der Waals surface area contributed by atoms with Crippen molar-refractivity contribution in [1.29, 1.82) is 0 Å². The second-order valence-electron chi connectivity index (χ2n) is 6.00. The van der Waals surface area contributed by atoms with Gasteiger partial charge in [-0.2, -0.15) is 12.6 Å². The largest absolute Gasteiger partial charge is 0.351 e. The standard InChI is InChI=1S/C13H23NOS/c1-12(5-3-2-4-6-12)14-11(15)9-13(10-16)7-8-13/h16H,2-10H2,1H3,(H,14,15). The number of carbonyl (C=O) groups excluding carboxylic acids is 1. The molecule has 16 heavy (non-hydrogen) atoms. The van der Waals surface area contributed by atoms with Crippen LogP contribution in [-0.2, 0) is 4.79 Å². The number of nitrogens with one attached hydrogen (secondary N) is 1. The molecule has 92 valence electrons. The molecule has 0 bridgehead atoms. The van der Waals surface area contributed by atoms with Gasteiger partial charge in [-0.1, -0.05) is 19.3 Å². The molecule has 0 aromatic rings. The molecular weight excluding hydrogens is 218 g/mol. The Hall–Kier alpha value is -0.180. The van der Waals surface area contributed by atoms with Crippen LogP contribution >= 0.6 is 12.6 Å². The molecule has 2 saturated carbocycles. The Labute approximate surface area is 104 Å². The van der Waals surface area contributed by atoms with Gasteiger partial charge < -0.3 is 5.32 Å². The van der Waals surface area contributed by atoms with Gasteiger partial charge in [0.15, 0.2) is 0 Å². The molecule has 2 aliphatic rings. The first-order chi connectivity index (χ1) is 7.58. The lowest BCUT2D eigenvalue weighted by Crippen LogP contribution is -2.47. The zero-order chi connectivity index (χ0) is 11.6. The number of hydrogen-bond donors (Lipinski definition) is 2. The van der Waals surface area contributed by atoms with Crippen LogP contribution in [0.5, 0.6) is 0 Å². The lowest BCUT2D eigenvalue weighted by Gasteiger charge is -2.35. The minimum atomic E-state index is 0.0714. The fourth-order valence-electron chi connectivity index (χ4n) is 2.75. The smallest absolute Gasteiger partial charge is 0.221 e. The van der Waals surface area contributed by atoms with Crippen molar-refractivity contribution < 1.29 is 4.79 Å². The van der Waals surface area contributed by atoms with Crippen LogP contribution in [0.25, 0.3) is 0 Å². The third kappa shape index (κ3) is 2.93. The number of carbonyl (C=O) groups is 1. The van der Waals surface area contributed by atoms with Gasteiger partial charge in [0, 0.05) is 12.0 Å². The van der Waals surface area contributed by atoms with E-state index in [9.17, 15) is 4.79 Å². The van der Waals surface area contributed by atoms with Crippen LogP contribution in [-0.4, -0.2) is 17.2 Å². The lowest BCUT2D eigenvalue weighted by atomic mass is 9.83. The zero-order valence-corrected chi connectivity index (χ0v) is 11.1. The molecule has 0 aromatic carbocycles. The average Bonchev–Trinajstić information content (AvgIpc) is 2.98. The molecule has 2 rings (SSSR count). The molecule has 0 radical (unpaired) electrons. The highest BCUT2D eigenvalue weighted by molar-refractivity contribution is 7.80. The number of amides is 1. The average molecular weight is 241 g/mol. The Balaban J connectivity index is 1.82. The van der Waals surface area contributed by atoms with Crippen molar-refractivity contribution in [2.45, 2.75) is 63.8 Å². The maximum atomic E-state index is 12.0. The Morgan fingerprint density at radius 2 is 1.81 bits per heavy atom. The van der Waals surface area contributed by atoms with Crippen LogP contribution in [0.3, 0.4) is 0 Å². The van der Waals surface area contributed by atoms with Crippen molar-refractivity contribution in [1.82, 2.24) is 5.32 Å².